The zero-order valence-corrected chi connectivity index (χ0v) is 12.6. The summed E-state index contributed by atoms with van der Waals surface area (Å²) in [7, 11) is 0. The van der Waals surface area contributed by atoms with Crippen molar-refractivity contribution in [2.75, 3.05) is 0 Å². The molecule has 0 heterocycles. The third-order valence-electron chi connectivity index (χ3n) is 5.86. The molecule has 0 aromatic rings. The predicted octanol–water partition coefficient (Wildman–Crippen LogP) is 4.78. The Balaban J connectivity index is 2.19. The van der Waals surface area contributed by atoms with E-state index in [0.29, 0.717) is 17.8 Å². The van der Waals surface area contributed by atoms with E-state index in [0.717, 1.165) is 12.3 Å². The number of hydrogen-bond acceptors (Lipinski definition) is 1. The molecule has 0 radical (unpaired) electrons. The Morgan fingerprint density at radius 2 is 1.72 bits per heavy atom. The summed E-state index contributed by atoms with van der Waals surface area (Å²) in [6.07, 6.45) is 11.5. The molecule has 0 aliphatic heterocycles. The highest BCUT2D eigenvalue weighted by molar-refractivity contribution is 4.99. The molecule has 1 nitrogen and oxygen atoms in total. The molecule has 2 rings (SSSR count). The van der Waals surface area contributed by atoms with E-state index < -0.39 is 0 Å². The molecule has 2 aliphatic carbocycles. The second kappa shape index (κ2) is 5.94. The average Bonchev–Trinajstić information content (AvgIpc) is 2.38. The summed E-state index contributed by atoms with van der Waals surface area (Å²) < 4.78 is 0. The summed E-state index contributed by atoms with van der Waals surface area (Å²) in [5.74, 6) is 2.55. The first-order valence-corrected chi connectivity index (χ1v) is 8.32. The smallest absolute Gasteiger partial charge is 0.0708 e. The lowest BCUT2D eigenvalue weighted by molar-refractivity contribution is -0.135. The van der Waals surface area contributed by atoms with Gasteiger partial charge >= 0.3 is 0 Å². The van der Waals surface area contributed by atoms with Gasteiger partial charge in [-0.25, -0.2) is 0 Å². The molecule has 0 saturated heterocycles. The largest absolute Gasteiger partial charge is 0.389 e. The van der Waals surface area contributed by atoms with E-state index in [1.807, 2.05) is 0 Å². The lowest BCUT2D eigenvalue weighted by Crippen LogP contribution is -2.52. The molecule has 2 aliphatic rings. The average molecular weight is 252 g/mol. The molecule has 18 heavy (non-hydrogen) atoms. The van der Waals surface area contributed by atoms with Crippen LogP contribution in [0.15, 0.2) is 0 Å². The quantitative estimate of drug-likeness (QED) is 0.766. The van der Waals surface area contributed by atoms with Gasteiger partial charge in [0.05, 0.1) is 5.60 Å². The van der Waals surface area contributed by atoms with Crippen molar-refractivity contribution in [3.63, 3.8) is 0 Å². The van der Waals surface area contributed by atoms with E-state index in [4.69, 9.17) is 0 Å². The van der Waals surface area contributed by atoms with Crippen LogP contribution in [0.1, 0.15) is 78.6 Å². The highest BCUT2D eigenvalue weighted by Gasteiger charge is 2.48. The van der Waals surface area contributed by atoms with Gasteiger partial charge in [0, 0.05) is 0 Å². The Labute approximate surface area is 113 Å². The number of hydrogen-bond donors (Lipinski definition) is 1. The molecule has 1 heteroatoms. The van der Waals surface area contributed by atoms with Gasteiger partial charge in [0.25, 0.3) is 0 Å². The van der Waals surface area contributed by atoms with Crippen LogP contribution in [0.3, 0.4) is 0 Å². The van der Waals surface area contributed by atoms with Crippen molar-refractivity contribution < 1.29 is 5.11 Å². The molecule has 2 saturated carbocycles. The first-order valence-electron chi connectivity index (χ1n) is 8.32. The Bertz CT molecular complexity index is 260. The van der Waals surface area contributed by atoms with Crippen molar-refractivity contribution in [3.8, 4) is 0 Å². The third kappa shape index (κ3) is 2.61. The highest BCUT2D eigenvalue weighted by atomic mass is 16.3. The van der Waals surface area contributed by atoms with Crippen LogP contribution in [0.4, 0.5) is 0 Å². The van der Waals surface area contributed by atoms with Crippen molar-refractivity contribution in [1.29, 1.82) is 0 Å². The first-order chi connectivity index (χ1) is 8.59. The van der Waals surface area contributed by atoms with E-state index in [-0.39, 0.29) is 5.60 Å². The lowest BCUT2D eigenvalue weighted by Gasteiger charge is -2.51. The van der Waals surface area contributed by atoms with Crippen LogP contribution in [0.2, 0.25) is 0 Å². The predicted molar refractivity (Wildman–Crippen MR) is 77.5 cm³/mol. The number of aliphatic hydroxyl groups is 1. The van der Waals surface area contributed by atoms with Crippen LogP contribution in [0, 0.1) is 23.7 Å². The maximum absolute atomic E-state index is 11.4. The molecule has 2 fully saturated rings. The monoisotopic (exact) mass is 252 g/mol. The second-order valence-corrected chi connectivity index (χ2v) is 7.15. The minimum absolute atomic E-state index is 0.340. The van der Waals surface area contributed by atoms with E-state index in [1.165, 1.54) is 51.4 Å². The second-order valence-electron chi connectivity index (χ2n) is 7.15. The summed E-state index contributed by atoms with van der Waals surface area (Å²) in [5.41, 5.74) is -0.340. The van der Waals surface area contributed by atoms with Crippen molar-refractivity contribution in [2.45, 2.75) is 84.2 Å². The normalized spacial score (nSPS) is 42.2. The third-order valence-corrected chi connectivity index (χ3v) is 5.86. The van der Waals surface area contributed by atoms with Gasteiger partial charge in [-0.2, -0.15) is 0 Å². The molecule has 1 N–H and O–H groups in total. The topological polar surface area (TPSA) is 20.2 Å². The molecule has 0 bridgehead atoms. The van der Waals surface area contributed by atoms with E-state index in [2.05, 4.69) is 20.8 Å². The van der Waals surface area contributed by atoms with Gasteiger partial charge in [-0.15, -0.1) is 0 Å². The molecule has 106 valence electrons. The molecule has 0 aromatic carbocycles. The summed E-state index contributed by atoms with van der Waals surface area (Å²) in [5, 5.41) is 11.4. The highest BCUT2D eigenvalue weighted by Crippen LogP contribution is 2.50. The first kappa shape index (κ1) is 14.4. The molecule has 4 atom stereocenters. The molecule has 0 aromatic heterocycles. The van der Waals surface area contributed by atoms with Gasteiger partial charge in [0.1, 0.15) is 0 Å². The van der Waals surface area contributed by atoms with E-state index >= 15 is 0 Å². The van der Waals surface area contributed by atoms with E-state index in [9.17, 15) is 5.11 Å². The van der Waals surface area contributed by atoms with Gasteiger partial charge < -0.3 is 5.11 Å². The van der Waals surface area contributed by atoms with Crippen molar-refractivity contribution in [2.24, 2.45) is 23.7 Å². The Morgan fingerprint density at radius 3 is 2.39 bits per heavy atom. The summed E-state index contributed by atoms with van der Waals surface area (Å²) >= 11 is 0. The summed E-state index contributed by atoms with van der Waals surface area (Å²) in [6, 6.07) is 0. The zero-order valence-electron chi connectivity index (χ0n) is 12.6. The minimum Gasteiger partial charge on any atom is -0.389 e. The fourth-order valence-corrected chi connectivity index (χ4v) is 4.93. The van der Waals surface area contributed by atoms with Crippen molar-refractivity contribution in [3.05, 3.63) is 0 Å². The number of rotatable bonds is 3. The standard InChI is InChI=1S/C17H32O/c1-4-14-9-5-6-11-16(14)17(18)12-8-7-10-15(17)13(2)3/h13-16,18H,4-12H2,1-3H3. The van der Waals surface area contributed by atoms with Crippen LogP contribution >= 0.6 is 0 Å². The molecular formula is C17H32O. The van der Waals surface area contributed by atoms with Crippen molar-refractivity contribution >= 4 is 0 Å². The fourth-order valence-electron chi connectivity index (χ4n) is 4.93. The van der Waals surface area contributed by atoms with Crippen LogP contribution in [-0.4, -0.2) is 10.7 Å². The van der Waals surface area contributed by atoms with Gasteiger partial charge in [-0.05, 0) is 42.9 Å². The van der Waals surface area contributed by atoms with Gasteiger partial charge in [-0.1, -0.05) is 59.3 Å². The maximum Gasteiger partial charge on any atom is 0.0708 e. The Morgan fingerprint density at radius 1 is 1.06 bits per heavy atom. The minimum atomic E-state index is -0.340. The molecular weight excluding hydrogens is 220 g/mol. The molecule has 4 unspecified atom stereocenters. The van der Waals surface area contributed by atoms with Gasteiger partial charge in [0.15, 0.2) is 0 Å². The van der Waals surface area contributed by atoms with Crippen LogP contribution in [0.25, 0.3) is 0 Å². The Kier molecular flexibility index (Phi) is 4.75. The molecule has 0 amide bonds. The van der Waals surface area contributed by atoms with Crippen LogP contribution in [0.5, 0.6) is 0 Å². The summed E-state index contributed by atoms with van der Waals surface area (Å²) in [4.78, 5) is 0. The van der Waals surface area contributed by atoms with Crippen LogP contribution in [-0.2, 0) is 0 Å². The zero-order chi connectivity index (χ0) is 13.2. The van der Waals surface area contributed by atoms with Crippen LogP contribution < -0.4 is 0 Å². The van der Waals surface area contributed by atoms with Gasteiger partial charge in [-0.3, -0.25) is 0 Å². The fraction of sp³-hybridized carbons (Fsp3) is 1.00. The lowest BCUT2D eigenvalue weighted by atomic mass is 9.58. The maximum atomic E-state index is 11.4. The van der Waals surface area contributed by atoms with E-state index in [1.54, 1.807) is 0 Å². The Hall–Kier alpha value is -0.0400. The van der Waals surface area contributed by atoms with Gasteiger partial charge in [0.2, 0.25) is 0 Å². The SMILES string of the molecule is CCC1CCCCC1C1(O)CCCCC1C(C)C. The van der Waals surface area contributed by atoms with Crippen molar-refractivity contribution in [1.82, 2.24) is 0 Å². The molecule has 0 spiro atoms. The summed E-state index contributed by atoms with van der Waals surface area (Å²) in [6.45, 7) is 6.94.